The predicted molar refractivity (Wildman–Crippen MR) is 63.3 cm³/mol. The number of amides is 1. The van der Waals surface area contributed by atoms with Gasteiger partial charge in [0.1, 0.15) is 0 Å². The van der Waals surface area contributed by atoms with Gasteiger partial charge in [-0.25, -0.2) is 5.10 Å². The van der Waals surface area contributed by atoms with Crippen molar-refractivity contribution >= 4 is 11.9 Å². The van der Waals surface area contributed by atoms with Crippen molar-refractivity contribution in [3.63, 3.8) is 0 Å². The first-order valence-electron chi connectivity index (χ1n) is 5.20. The fraction of sp³-hybridized carbons (Fsp3) is 0.182. The van der Waals surface area contributed by atoms with Crippen molar-refractivity contribution < 1.29 is 14.6 Å². The minimum atomic E-state index is -0.321. The number of rotatable bonds is 4. The molecule has 0 aliphatic heterocycles. The maximum Gasteiger partial charge on any atom is 0.336 e. The summed E-state index contributed by atoms with van der Waals surface area (Å²) in [5, 5.41) is 17.7. The molecule has 0 atom stereocenters. The van der Waals surface area contributed by atoms with Crippen LogP contribution in [0.3, 0.4) is 0 Å². The van der Waals surface area contributed by atoms with Gasteiger partial charge in [-0.05, 0) is 17.7 Å². The second kappa shape index (κ2) is 5.28. The van der Waals surface area contributed by atoms with Crippen molar-refractivity contribution in [3.05, 3.63) is 35.4 Å². The Bertz CT molecular complexity index is 535. The van der Waals surface area contributed by atoms with Crippen LogP contribution in [0.4, 0.5) is 5.95 Å². The average Bonchev–Trinajstić information content (AvgIpc) is 2.86. The van der Waals surface area contributed by atoms with Crippen molar-refractivity contribution in [3.8, 4) is 6.01 Å². The Hall–Kier alpha value is -2.41. The molecule has 0 radical (unpaired) electrons. The molecule has 0 saturated heterocycles. The molecule has 0 fully saturated rings. The number of H-pyrrole nitrogens is 1. The quantitative estimate of drug-likeness (QED) is 0.734. The summed E-state index contributed by atoms with van der Waals surface area (Å²) >= 11 is 0. The maximum atomic E-state index is 11.8. The molecule has 0 saturated carbocycles. The predicted octanol–water partition coefficient (Wildman–Crippen LogP) is 0.558. The molecule has 0 aliphatic rings. The van der Waals surface area contributed by atoms with Gasteiger partial charge in [-0.3, -0.25) is 10.1 Å². The van der Waals surface area contributed by atoms with Crippen LogP contribution in [0, 0.1) is 0 Å². The molecule has 7 nitrogen and oxygen atoms in total. The molecule has 0 aliphatic carbocycles. The van der Waals surface area contributed by atoms with Crippen LogP contribution in [0.5, 0.6) is 6.01 Å². The Morgan fingerprint density at radius 2 is 2.17 bits per heavy atom. The van der Waals surface area contributed by atoms with Crippen LogP contribution in [0.25, 0.3) is 0 Å². The first-order valence-corrected chi connectivity index (χ1v) is 5.20. The zero-order valence-corrected chi connectivity index (χ0v) is 9.67. The third kappa shape index (κ3) is 2.64. The molecule has 1 aromatic carbocycles. The standard InChI is InChI=1S/C11H12N4O3/c1-18-11-13-10(14-15-11)12-9(17)8-4-2-7(6-16)3-5-8/h2-5,16H,6H2,1H3,(H2,12,13,14,15,17). The SMILES string of the molecule is COc1n[nH]c(NC(=O)c2ccc(CO)cc2)n1. The Morgan fingerprint density at radius 1 is 1.44 bits per heavy atom. The second-order valence-corrected chi connectivity index (χ2v) is 3.48. The first-order chi connectivity index (χ1) is 8.72. The number of carbonyl (C=O) groups is 1. The van der Waals surface area contributed by atoms with Crippen molar-refractivity contribution in [2.45, 2.75) is 6.61 Å². The summed E-state index contributed by atoms with van der Waals surface area (Å²) in [5.41, 5.74) is 1.20. The summed E-state index contributed by atoms with van der Waals surface area (Å²) in [6.45, 7) is -0.0544. The number of methoxy groups -OCH3 is 1. The van der Waals surface area contributed by atoms with Crippen molar-refractivity contribution in [1.82, 2.24) is 15.2 Å². The second-order valence-electron chi connectivity index (χ2n) is 3.48. The number of ether oxygens (including phenoxy) is 1. The third-order valence-electron chi connectivity index (χ3n) is 2.28. The summed E-state index contributed by atoms with van der Waals surface area (Å²) < 4.78 is 4.78. The molecule has 1 heterocycles. The first kappa shape index (κ1) is 12.1. The van der Waals surface area contributed by atoms with E-state index in [9.17, 15) is 4.79 Å². The van der Waals surface area contributed by atoms with Gasteiger partial charge in [-0.2, -0.15) is 4.98 Å². The van der Waals surface area contributed by atoms with Gasteiger partial charge < -0.3 is 9.84 Å². The summed E-state index contributed by atoms with van der Waals surface area (Å²) in [6.07, 6.45) is 0. The van der Waals surface area contributed by atoms with Gasteiger partial charge in [-0.1, -0.05) is 12.1 Å². The number of carbonyl (C=O) groups excluding carboxylic acids is 1. The highest BCUT2D eigenvalue weighted by molar-refractivity contribution is 6.03. The van der Waals surface area contributed by atoms with Gasteiger partial charge >= 0.3 is 6.01 Å². The van der Waals surface area contributed by atoms with E-state index in [0.717, 1.165) is 5.56 Å². The van der Waals surface area contributed by atoms with E-state index in [1.807, 2.05) is 0 Å². The molecule has 0 bridgehead atoms. The van der Waals surface area contributed by atoms with Gasteiger partial charge in [0.25, 0.3) is 5.91 Å². The van der Waals surface area contributed by atoms with E-state index in [4.69, 9.17) is 9.84 Å². The van der Waals surface area contributed by atoms with Gasteiger partial charge in [0.2, 0.25) is 5.95 Å². The van der Waals surface area contributed by atoms with E-state index in [1.165, 1.54) is 7.11 Å². The number of hydrogen-bond acceptors (Lipinski definition) is 5. The number of hydrogen-bond donors (Lipinski definition) is 3. The van der Waals surface area contributed by atoms with Crippen molar-refractivity contribution in [2.75, 3.05) is 12.4 Å². The summed E-state index contributed by atoms with van der Waals surface area (Å²) in [4.78, 5) is 15.7. The van der Waals surface area contributed by atoms with Crippen LogP contribution >= 0.6 is 0 Å². The van der Waals surface area contributed by atoms with Gasteiger partial charge in [0, 0.05) is 5.56 Å². The van der Waals surface area contributed by atoms with Crippen LogP contribution in [-0.4, -0.2) is 33.3 Å². The third-order valence-corrected chi connectivity index (χ3v) is 2.28. The number of anilines is 1. The van der Waals surface area contributed by atoms with Gasteiger partial charge in [-0.15, -0.1) is 5.10 Å². The fourth-order valence-corrected chi connectivity index (χ4v) is 1.33. The number of aliphatic hydroxyl groups is 1. The van der Waals surface area contributed by atoms with E-state index in [0.29, 0.717) is 5.56 Å². The molecule has 18 heavy (non-hydrogen) atoms. The van der Waals surface area contributed by atoms with E-state index in [1.54, 1.807) is 24.3 Å². The largest absolute Gasteiger partial charge is 0.466 e. The van der Waals surface area contributed by atoms with Gasteiger partial charge in [0.05, 0.1) is 13.7 Å². The van der Waals surface area contributed by atoms with Crippen LogP contribution in [0.2, 0.25) is 0 Å². The highest BCUT2D eigenvalue weighted by atomic mass is 16.5. The highest BCUT2D eigenvalue weighted by Crippen LogP contribution is 2.09. The number of aromatic amines is 1. The van der Waals surface area contributed by atoms with Crippen LogP contribution in [-0.2, 0) is 6.61 Å². The highest BCUT2D eigenvalue weighted by Gasteiger charge is 2.09. The molecule has 2 rings (SSSR count). The molecule has 7 heteroatoms. The lowest BCUT2D eigenvalue weighted by atomic mass is 10.1. The summed E-state index contributed by atoms with van der Waals surface area (Å²) in [5.74, 6) is -0.110. The van der Waals surface area contributed by atoms with Crippen LogP contribution < -0.4 is 10.1 Å². The maximum absolute atomic E-state index is 11.8. The Morgan fingerprint density at radius 3 is 2.72 bits per heavy atom. The lowest BCUT2D eigenvalue weighted by Gasteiger charge is -2.02. The molecule has 94 valence electrons. The Balaban J connectivity index is 2.06. The molecule has 1 amide bonds. The van der Waals surface area contributed by atoms with E-state index in [2.05, 4.69) is 20.5 Å². The molecular formula is C11H12N4O3. The minimum absolute atomic E-state index is 0.0544. The summed E-state index contributed by atoms with van der Waals surface area (Å²) in [6, 6.07) is 6.75. The zero-order chi connectivity index (χ0) is 13.0. The summed E-state index contributed by atoms with van der Waals surface area (Å²) in [7, 11) is 1.43. The minimum Gasteiger partial charge on any atom is -0.466 e. The smallest absolute Gasteiger partial charge is 0.336 e. The monoisotopic (exact) mass is 248 g/mol. The molecule has 0 unspecified atom stereocenters. The average molecular weight is 248 g/mol. The van der Waals surface area contributed by atoms with Crippen LogP contribution in [0.15, 0.2) is 24.3 Å². The normalized spacial score (nSPS) is 10.1. The fourth-order valence-electron chi connectivity index (χ4n) is 1.33. The Labute approximate surface area is 103 Å². The van der Waals surface area contributed by atoms with E-state index >= 15 is 0 Å². The lowest BCUT2D eigenvalue weighted by Crippen LogP contribution is -2.13. The molecule has 3 N–H and O–H groups in total. The van der Waals surface area contributed by atoms with Gasteiger partial charge in [0.15, 0.2) is 0 Å². The Kier molecular flexibility index (Phi) is 3.54. The van der Waals surface area contributed by atoms with Crippen LogP contribution in [0.1, 0.15) is 15.9 Å². The molecule has 1 aromatic heterocycles. The topological polar surface area (TPSA) is 100 Å². The van der Waals surface area contributed by atoms with Crippen molar-refractivity contribution in [1.29, 1.82) is 0 Å². The number of aromatic nitrogens is 3. The zero-order valence-electron chi connectivity index (χ0n) is 9.67. The number of aliphatic hydroxyl groups excluding tert-OH is 1. The molecule has 2 aromatic rings. The van der Waals surface area contributed by atoms with E-state index in [-0.39, 0.29) is 24.5 Å². The van der Waals surface area contributed by atoms with E-state index < -0.39 is 0 Å². The number of nitrogens with one attached hydrogen (secondary N) is 2. The molecular weight excluding hydrogens is 236 g/mol. The number of benzene rings is 1. The van der Waals surface area contributed by atoms with Crippen molar-refractivity contribution in [2.24, 2.45) is 0 Å². The number of nitrogens with zero attached hydrogens (tertiary/aromatic N) is 2. The lowest BCUT2D eigenvalue weighted by molar-refractivity contribution is 0.102. The molecule has 0 spiro atoms.